The molecule has 2 aromatic rings. The third-order valence-corrected chi connectivity index (χ3v) is 5.19. The standard InChI is InChI=1S/C15H16N4OS/c1-19-6-4-10-11(8-19)21-15-12(10)14(20)17-13(18-15)9-3-2-5-16-7-9/h2-3,5,7,13,18H,4,6,8H2,1H3,(H,17,20). The Morgan fingerprint density at radius 2 is 2.33 bits per heavy atom. The fourth-order valence-electron chi connectivity index (χ4n) is 2.96. The van der Waals surface area contributed by atoms with Crippen molar-refractivity contribution in [1.29, 1.82) is 0 Å². The van der Waals surface area contributed by atoms with Gasteiger partial charge in [0.05, 0.1) is 5.56 Å². The minimum absolute atomic E-state index is 0.0275. The number of anilines is 1. The van der Waals surface area contributed by atoms with Crippen molar-refractivity contribution in [2.24, 2.45) is 0 Å². The Morgan fingerprint density at radius 3 is 3.14 bits per heavy atom. The van der Waals surface area contributed by atoms with Gasteiger partial charge in [0.25, 0.3) is 5.91 Å². The smallest absolute Gasteiger partial charge is 0.256 e. The van der Waals surface area contributed by atoms with E-state index >= 15 is 0 Å². The number of rotatable bonds is 1. The predicted molar refractivity (Wildman–Crippen MR) is 82.4 cm³/mol. The van der Waals surface area contributed by atoms with Crippen LogP contribution in [0.3, 0.4) is 0 Å². The van der Waals surface area contributed by atoms with Crippen molar-refractivity contribution >= 4 is 22.2 Å². The fourth-order valence-corrected chi connectivity index (χ4v) is 4.31. The van der Waals surface area contributed by atoms with Gasteiger partial charge in [-0.2, -0.15) is 0 Å². The highest BCUT2D eigenvalue weighted by molar-refractivity contribution is 7.16. The van der Waals surface area contributed by atoms with Crippen LogP contribution in [-0.4, -0.2) is 29.4 Å². The predicted octanol–water partition coefficient (Wildman–Crippen LogP) is 1.99. The van der Waals surface area contributed by atoms with E-state index < -0.39 is 0 Å². The second-order valence-electron chi connectivity index (χ2n) is 5.53. The van der Waals surface area contributed by atoms with E-state index in [9.17, 15) is 4.79 Å². The molecule has 2 aliphatic rings. The van der Waals surface area contributed by atoms with Crippen LogP contribution < -0.4 is 10.6 Å². The SMILES string of the molecule is CN1CCc2c(sc3c2C(=O)NC(c2cccnc2)N3)C1. The number of pyridine rings is 1. The highest BCUT2D eigenvalue weighted by Crippen LogP contribution is 2.40. The molecule has 6 heteroatoms. The molecule has 0 saturated heterocycles. The number of nitrogens with one attached hydrogen (secondary N) is 2. The van der Waals surface area contributed by atoms with Crippen molar-refractivity contribution in [3.63, 3.8) is 0 Å². The second kappa shape index (κ2) is 4.82. The van der Waals surface area contributed by atoms with Gasteiger partial charge >= 0.3 is 0 Å². The number of likely N-dealkylation sites (N-methyl/N-ethyl adjacent to an activating group) is 1. The maximum Gasteiger partial charge on any atom is 0.256 e. The number of fused-ring (bicyclic) bond motifs is 3. The van der Waals surface area contributed by atoms with E-state index in [1.165, 1.54) is 10.4 Å². The number of hydrogen-bond donors (Lipinski definition) is 2. The van der Waals surface area contributed by atoms with Gasteiger partial charge in [0, 0.05) is 35.9 Å². The Bertz CT molecular complexity index is 697. The molecule has 1 atom stereocenters. The van der Waals surface area contributed by atoms with Gasteiger partial charge in [0.1, 0.15) is 11.2 Å². The molecule has 4 heterocycles. The molecule has 2 aliphatic heterocycles. The number of nitrogens with zero attached hydrogens (tertiary/aromatic N) is 2. The van der Waals surface area contributed by atoms with Crippen LogP contribution in [0, 0.1) is 0 Å². The molecular weight excluding hydrogens is 284 g/mol. The molecule has 5 nitrogen and oxygen atoms in total. The number of aromatic nitrogens is 1. The summed E-state index contributed by atoms with van der Waals surface area (Å²) >= 11 is 1.71. The number of thiophene rings is 1. The molecule has 21 heavy (non-hydrogen) atoms. The zero-order valence-corrected chi connectivity index (χ0v) is 12.5. The van der Waals surface area contributed by atoms with Gasteiger partial charge < -0.3 is 15.5 Å². The molecule has 0 bridgehead atoms. The van der Waals surface area contributed by atoms with Gasteiger partial charge in [-0.3, -0.25) is 9.78 Å². The lowest BCUT2D eigenvalue weighted by Crippen LogP contribution is -2.38. The van der Waals surface area contributed by atoms with Crippen molar-refractivity contribution < 1.29 is 4.79 Å². The molecule has 4 rings (SSSR count). The lowest BCUT2D eigenvalue weighted by atomic mass is 10.0. The van der Waals surface area contributed by atoms with E-state index in [-0.39, 0.29) is 12.1 Å². The van der Waals surface area contributed by atoms with Gasteiger partial charge in [-0.1, -0.05) is 6.07 Å². The first kappa shape index (κ1) is 12.8. The summed E-state index contributed by atoms with van der Waals surface area (Å²) in [6, 6.07) is 3.85. The number of carbonyl (C=O) groups excluding carboxylic acids is 1. The van der Waals surface area contributed by atoms with Crippen LogP contribution in [0.5, 0.6) is 0 Å². The molecule has 0 aromatic carbocycles. The van der Waals surface area contributed by atoms with E-state index in [1.54, 1.807) is 23.7 Å². The first-order valence-electron chi connectivity index (χ1n) is 7.03. The van der Waals surface area contributed by atoms with Gasteiger partial charge in [-0.15, -0.1) is 11.3 Å². The monoisotopic (exact) mass is 300 g/mol. The molecule has 2 N–H and O–H groups in total. The number of hydrogen-bond acceptors (Lipinski definition) is 5. The summed E-state index contributed by atoms with van der Waals surface area (Å²) in [6.07, 6.45) is 4.27. The normalized spacial score (nSPS) is 21.2. The highest BCUT2D eigenvalue weighted by atomic mass is 32.1. The summed E-state index contributed by atoms with van der Waals surface area (Å²) in [5.41, 5.74) is 3.05. The average molecular weight is 300 g/mol. The Hall–Kier alpha value is -1.92. The van der Waals surface area contributed by atoms with Crippen molar-refractivity contribution in [2.45, 2.75) is 19.1 Å². The summed E-state index contributed by atoms with van der Waals surface area (Å²) in [5.74, 6) is 0.0275. The molecule has 0 radical (unpaired) electrons. The third-order valence-electron chi connectivity index (χ3n) is 4.04. The van der Waals surface area contributed by atoms with E-state index in [0.29, 0.717) is 0 Å². The van der Waals surface area contributed by atoms with Gasteiger partial charge in [0.2, 0.25) is 0 Å². The summed E-state index contributed by atoms with van der Waals surface area (Å²) < 4.78 is 0. The van der Waals surface area contributed by atoms with Crippen molar-refractivity contribution in [2.75, 3.05) is 18.9 Å². The lowest BCUT2D eigenvalue weighted by Gasteiger charge is -2.27. The molecule has 1 unspecified atom stereocenters. The maximum absolute atomic E-state index is 12.5. The average Bonchev–Trinajstić information content (AvgIpc) is 2.85. The van der Waals surface area contributed by atoms with Crippen LogP contribution in [0.15, 0.2) is 24.5 Å². The second-order valence-corrected chi connectivity index (χ2v) is 6.64. The molecular formula is C15H16N4OS. The summed E-state index contributed by atoms with van der Waals surface area (Å²) in [6.45, 7) is 1.94. The molecule has 0 fully saturated rings. The quantitative estimate of drug-likeness (QED) is 0.845. The van der Waals surface area contributed by atoms with Crippen LogP contribution in [0.2, 0.25) is 0 Å². The minimum Gasteiger partial charge on any atom is -0.353 e. The largest absolute Gasteiger partial charge is 0.353 e. The Morgan fingerprint density at radius 1 is 1.43 bits per heavy atom. The lowest BCUT2D eigenvalue weighted by molar-refractivity contribution is 0.0935. The molecule has 108 valence electrons. The highest BCUT2D eigenvalue weighted by Gasteiger charge is 2.32. The maximum atomic E-state index is 12.5. The molecule has 0 saturated carbocycles. The summed E-state index contributed by atoms with van der Waals surface area (Å²) in [7, 11) is 2.12. The summed E-state index contributed by atoms with van der Waals surface area (Å²) in [5, 5.41) is 7.48. The number of amides is 1. The van der Waals surface area contributed by atoms with E-state index in [4.69, 9.17) is 0 Å². The van der Waals surface area contributed by atoms with Crippen LogP contribution in [0.4, 0.5) is 5.00 Å². The molecule has 1 amide bonds. The Labute approximate surface area is 127 Å². The van der Waals surface area contributed by atoms with Crippen LogP contribution in [0.1, 0.15) is 32.5 Å². The van der Waals surface area contributed by atoms with E-state index in [2.05, 4.69) is 27.6 Å². The summed E-state index contributed by atoms with van der Waals surface area (Å²) in [4.78, 5) is 20.2. The van der Waals surface area contributed by atoms with Crippen LogP contribution >= 0.6 is 11.3 Å². The van der Waals surface area contributed by atoms with Gasteiger partial charge in [0.15, 0.2) is 0 Å². The van der Waals surface area contributed by atoms with Crippen molar-refractivity contribution in [3.05, 3.63) is 46.1 Å². The first-order chi connectivity index (χ1) is 10.2. The van der Waals surface area contributed by atoms with Crippen LogP contribution in [-0.2, 0) is 13.0 Å². The zero-order valence-electron chi connectivity index (χ0n) is 11.7. The first-order valence-corrected chi connectivity index (χ1v) is 7.84. The van der Waals surface area contributed by atoms with Gasteiger partial charge in [-0.25, -0.2) is 0 Å². The Kier molecular flexibility index (Phi) is 2.94. The third kappa shape index (κ3) is 2.11. The topological polar surface area (TPSA) is 57.3 Å². The van der Waals surface area contributed by atoms with E-state index in [1.807, 2.05) is 12.1 Å². The molecule has 0 aliphatic carbocycles. The number of carbonyl (C=O) groups is 1. The van der Waals surface area contributed by atoms with E-state index in [0.717, 1.165) is 35.6 Å². The zero-order chi connectivity index (χ0) is 14.4. The minimum atomic E-state index is -0.198. The van der Waals surface area contributed by atoms with Crippen molar-refractivity contribution in [1.82, 2.24) is 15.2 Å². The fraction of sp³-hybridized carbons (Fsp3) is 0.333. The van der Waals surface area contributed by atoms with Crippen LogP contribution in [0.25, 0.3) is 0 Å². The molecule has 2 aromatic heterocycles. The molecule has 0 spiro atoms. The Balaban J connectivity index is 1.71. The van der Waals surface area contributed by atoms with Gasteiger partial charge in [-0.05, 0) is 25.1 Å². The van der Waals surface area contributed by atoms with Crippen molar-refractivity contribution in [3.8, 4) is 0 Å².